The molecular formula is C85H166O17P2. The van der Waals surface area contributed by atoms with E-state index in [1.165, 1.54) is 263 Å². The third kappa shape index (κ3) is 78.2. The number of ether oxygens (including phenoxy) is 4. The van der Waals surface area contributed by atoms with Crippen molar-refractivity contribution in [3.05, 3.63) is 0 Å². The quantitative estimate of drug-likeness (QED) is 0.0222. The largest absolute Gasteiger partial charge is 0.472 e. The number of unbranched alkanes of at least 4 members (excludes halogenated alkanes) is 54. The van der Waals surface area contributed by atoms with Crippen LogP contribution in [-0.4, -0.2) is 96.7 Å². The molecule has 0 aliphatic heterocycles. The minimum atomic E-state index is -4.96. The lowest BCUT2D eigenvalue weighted by Crippen LogP contribution is -2.30. The molecule has 0 aliphatic rings. The van der Waals surface area contributed by atoms with Crippen LogP contribution in [0.5, 0.6) is 0 Å². The molecule has 0 radical (unpaired) electrons. The van der Waals surface area contributed by atoms with Crippen LogP contribution in [0.4, 0.5) is 0 Å². The summed E-state index contributed by atoms with van der Waals surface area (Å²) in [5.41, 5.74) is 0. The normalized spacial score (nSPS) is 13.8. The van der Waals surface area contributed by atoms with Crippen molar-refractivity contribution in [1.29, 1.82) is 0 Å². The van der Waals surface area contributed by atoms with Crippen molar-refractivity contribution in [2.75, 3.05) is 39.6 Å². The first kappa shape index (κ1) is 102. The maximum absolute atomic E-state index is 13.1. The molecule has 0 aromatic carbocycles. The summed E-state index contributed by atoms with van der Waals surface area (Å²) >= 11 is 0. The van der Waals surface area contributed by atoms with Crippen LogP contribution < -0.4 is 0 Å². The Morgan fingerprint density at radius 2 is 0.442 bits per heavy atom. The number of aliphatic hydroxyl groups is 1. The number of aliphatic hydroxyl groups excluding tert-OH is 1. The van der Waals surface area contributed by atoms with Gasteiger partial charge in [0.2, 0.25) is 0 Å². The highest BCUT2D eigenvalue weighted by atomic mass is 31.2. The predicted molar refractivity (Wildman–Crippen MR) is 428 cm³/mol. The Kier molecular flexibility index (Phi) is 75.0. The highest BCUT2D eigenvalue weighted by molar-refractivity contribution is 7.47. The van der Waals surface area contributed by atoms with E-state index in [9.17, 15) is 43.2 Å². The number of rotatable bonds is 84. The van der Waals surface area contributed by atoms with Gasteiger partial charge in [0.1, 0.15) is 19.3 Å². The topological polar surface area (TPSA) is 237 Å². The highest BCUT2D eigenvalue weighted by Gasteiger charge is 2.30. The second kappa shape index (κ2) is 76.4. The number of phosphoric acid groups is 2. The first-order chi connectivity index (χ1) is 50.4. The zero-order valence-electron chi connectivity index (χ0n) is 68.3. The van der Waals surface area contributed by atoms with Crippen LogP contribution in [0.1, 0.15) is 452 Å². The molecule has 3 N–H and O–H groups in total. The summed E-state index contributed by atoms with van der Waals surface area (Å²) in [7, 11) is -9.92. The fraction of sp³-hybridized carbons (Fsp3) is 0.953. The number of carbonyl (C=O) groups is 4. The van der Waals surface area contributed by atoms with E-state index >= 15 is 0 Å². The van der Waals surface area contributed by atoms with E-state index < -0.39 is 97.5 Å². The molecule has 0 aromatic heterocycles. The van der Waals surface area contributed by atoms with E-state index in [0.717, 1.165) is 102 Å². The van der Waals surface area contributed by atoms with Gasteiger partial charge in [-0.1, -0.05) is 401 Å². The van der Waals surface area contributed by atoms with Crippen LogP contribution in [0.25, 0.3) is 0 Å². The number of esters is 4. The predicted octanol–water partition coefficient (Wildman–Crippen LogP) is 25.8. The van der Waals surface area contributed by atoms with Gasteiger partial charge >= 0.3 is 39.5 Å². The summed E-state index contributed by atoms with van der Waals surface area (Å²) in [6, 6.07) is 0. The van der Waals surface area contributed by atoms with Gasteiger partial charge in [-0.05, 0) is 37.5 Å². The first-order valence-electron chi connectivity index (χ1n) is 44.0. The second-order valence-electron chi connectivity index (χ2n) is 31.5. The lowest BCUT2D eigenvalue weighted by Gasteiger charge is -2.21. The third-order valence-electron chi connectivity index (χ3n) is 20.0. The zero-order valence-corrected chi connectivity index (χ0v) is 70.1. The molecule has 5 atom stereocenters. The monoisotopic (exact) mass is 1520 g/mol. The van der Waals surface area contributed by atoms with E-state index in [-0.39, 0.29) is 25.7 Å². The lowest BCUT2D eigenvalue weighted by atomic mass is 10.0. The molecule has 0 aliphatic carbocycles. The molecule has 2 unspecified atom stereocenters. The van der Waals surface area contributed by atoms with E-state index in [1.807, 2.05) is 0 Å². The van der Waals surface area contributed by atoms with E-state index in [4.69, 9.17) is 37.0 Å². The van der Waals surface area contributed by atoms with Gasteiger partial charge in [-0.25, -0.2) is 9.13 Å². The maximum atomic E-state index is 13.1. The summed E-state index contributed by atoms with van der Waals surface area (Å²) in [5, 5.41) is 10.7. The van der Waals surface area contributed by atoms with Crippen LogP contribution in [0.2, 0.25) is 0 Å². The Hall–Kier alpha value is -1.94. The smallest absolute Gasteiger partial charge is 0.462 e. The second-order valence-corrected chi connectivity index (χ2v) is 34.4. The number of phosphoric ester groups is 2. The molecule has 104 heavy (non-hydrogen) atoms. The van der Waals surface area contributed by atoms with Gasteiger partial charge in [0, 0.05) is 25.7 Å². The molecule has 0 spiro atoms. The van der Waals surface area contributed by atoms with Crippen molar-refractivity contribution in [3.8, 4) is 0 Å². The average molecular weight is 1520 g/mol. The van der Waals surface area contributed by atoms with Crippen LogP contribution >= 0.6 is 15.6 Å². The van der Waals surface area contributed by atoms with Gasteiger partial charge < -0.3 is 33.8 Å². The Morgan fingerprint density at radius 3 is 0.654 bits per heavy atom. The Labute approximate surface area is 638 Å². The summed E-state index contributed by atoms with van der Waals surface area (Å²) in [4.78, 5) is 73.1. The molecule has 0 saturated heterocycles. The lowest BCUT2D eigenvalue weighted by molar-refractivity contribution is -0.161. The minimum Gasteiger partial charge on any atom is -0.462 e. The van der Waals surface area contributed by atoms with Gasteiger partial charge in [0.15, 0.2) is 12.2 Å². The molecule has 618 valence electrons. The molecule has 0 heterocycles. The Balaban J connectivity index is 5.21. The Morgan fingerprint density at radius 1 is 0.260 bits per heavy atom. The summed E-state index contributed by atoms with van der Waals surface area (Å²) in [5.74, 6) is -0.651. The third-order valence-corrected chi connectivity index (χ3v) is 21.9. The van der Waals surface area contributed by atoms with Gasteiger partial charge in [0.05, 0.1) is 26.4 Å². The fourth-order valence-corrected chi connectivity index (χ4v) is 14.8. The molecule has 0 aromatic rings. The average Bonchev–Trinajstić information content (AvgIpc) is 0.925. The number of hydrogen-bond acceptors (Lipinski definition) is 15. The summed E-state index contributed by atoms with van der Waals surface area (Å²) in [6.45, 7) is 9.58. The highest BCUT2D eigenvalue weighted by Crippen LogP contribution is 2.45. The molecule has 0 saturated carbocycles. The zero-order chi connectivity index (χ0) is 76.4. The molecule has 17 nitrogen and oxygen atoms in total. The van der Waals surface area contributed by atoms with Crippen molar-refractivity contribution in [2.24, 2.45) is 11.8 Å². The van der Waals surface area contributed by atoms with E-state index in [2.05, 4.69) is 41.5 Å². The summed E-state index contributed by atoms with van der Waals surface area (Å²) in [6.07, 6.45) is 68.4. The van der Waals surface area contributed by atoms with Crippen molar-refractivity contribution >= 4 is 39.5 Å². The van der Waals surface area contributed by atoms with Crippen molar-refractivity contribution < 1.29 is 80.2 Å². The van der Waals surface area contributed by atoms with Crippen LogP contribution in [-0.2, 0) is 65.4 Å². The molecule has 0 bridgehead atoms. The molecule has 0 rings (SSSR count). The van der Waals surface area contributed by atoms with Gasteiger partial charge in [-0.15, -0.1) is 0 Å². The molecular weight excluding hydrogens is 1350 g/mol. The van der Waals surface area contributed by atoms with E-state index in [1.54, 1.807) is 0 Å². The van der Waals surface area contributed by atoms with Crippen LogP contribution in [0.15, 0.2) is 0 Å². The van der Waals surface area contributed by atoms with Gasteiger partial charge in [-0.2, -0.15) is 0 Å². The molecule has 0 amide bonds. The standard InChI is InChI=1S/C85H166O17P2/c1-7-9-11-13-15-17-19-21-23-25-27-28-30-32-34-36-41-45-49-57-63-69-84(89)101-80(73-95-82(87)67-61-55-48-44-40-35-33-31-29-26-24-22-20-18-16-14-12-10-8-2)75-99-103(91,92)97-71-79(86)72-98-104(93,94)100-76-81(74-96-83(88)68-62-56-52-51-54-60-66-78(5)6)102-85(90)70-64-58-50-46-42-38-37-39-43-47-53-59-65-77(3)4/h77-81,86H,7-76H2,1-6H3,(H,91,92)(H,93,94)/t79-,80-,81-/m1/s1. The van der Waals surface area contributed by atoms with Gasteiger partial charge in [0.25, 0.3) is 0 Å². The van der Waals surface area contributed by atoms with Crippen LogP contribution in [0.3, 0.4) is 0 Å². The fourth-order valence-electron chi connectivity index (χ4n) is 13.2. The van der Waals surface area contributed by atoms with Crippen LogP contribution in [0, 0.1) is 11.8 Å². The number of hydrogen-bond donors (Lipinski definition) is 3. The van der Waals surface area contributed by atoms with Gasteiger partial charge in [-0.3, -0.25) is 37.3 Å². The molecule has 19 heteroatoms. The Bertz CT molecular complexity index is 1990. The SMILES string of the molecule is CCCCCCCCCCCCCCCCCCCCCCCC(=O)O[C@H](COC(=O)CCCCCCCCCCCCCCCCCCCCC)COP(=O)(O)OC[C@@H](O)COP(=O)(O)OC[C@@H](COC(=O)CCCCCCCCC(C)C)OC(=O)CCCCCCCCCCCCCCC(C)C. The first-order valence-corrected chi connectivity index (χ1v) is 47.0. The van der Waals surface area contributed by atoms with Crippen molar-refractivity contribution in [2.45, 2.75) is 471 Å². The maximum Gasteiger partial charge on any atom is 0.472 e. The molecule has 0 fully saturated rings. The van der Waals surface area contributed by atoms with E-state index in [0.29, 0.717) is 31.6 Å². The van der Waals surface area contributed by atoms with Crippen molar-refractivity contribution in [1.82, 2.24) is 0 Å². The summed E-state index contributed by atoms with van der Waals surface area (Å²) < 4.78 is 68.8. The number of carbonyl (C=O) groups excluding carboxylic acids is 4. The minimum absolute atomic E-state index is 0.106. The van der Waals surface area contributed by atoms with Crippen molar-refractivity contribution in [3.63, 3.8) is 0 Å².